The molecular formula is C20H38O12S. The summed E-state index contributed by atoms with van der Waals surface area (Å²) in [5.41, 5.74) is 0. The van der Waals surface area contributed by atoms with Crippen LogP contribution in [-0.4, -0.2) is 35.7 Å². The zero-order valence-corrected chi connectivity index (χ0v) is 20.7. The molecule has 0 heterocycles. The first-order chi connectivity index (χ1) is 16.0. The minimum absolute atomic E-state index is 0.232. The van der Waals surface area contributed by atoms with Crippen molar-refractivity contribution < 1.29 is 58.9 Å². The maximum atomic E-state index is 12.6. The fourth-order valence-corrected chi connectivity index (χ4v) is 3.29. The second-order valence-corrected chi connectivity index (χ2v) is 8.32. The molecular weight excluding hydrogens is 464 g/mol. The van der Waals surface area contributed by atoms with E-state index in [9.17, 15) is 9.59 Å². The van der Waals surface area contributed by atoms with Crippen LogP contribution >= 0.6 is 12.0 Å². The van der Waals surface area contributed by atoms with E-state index in [0.717, 1.165) is 51.4 Å². The van der Waals surface area contributed by atoms with Crippen molar-refractivity contribution in [2.24, 2.45) is 11.8 Å². The summed E-state index contributed by atoms with van der Waals surface area (Å²) in [6, 6.07) is 0. The van der Waals surface area contributed by atoms with Crippen molar-refractivity contribution in [2.45, 2.75) is 90.7 Å². The molecule has 0 saturated carbocycles. The van der Waals surface area contributed by atoms with Gasteiger partial charge in [-0.3, -0.25) is 9.59 Å². The third kappa shape index (κ3) is 18.0. The Morgan fingerprint density at radius 2 is 1.33 bits per heavy atom. The molecule has 0 bridgehead atoms. The third-order valence-corrected chi connectivity index (χ3v) is 5.69. The molecule has 0 amide bonds. The van der Waals surface area contributed by atoms with Crippen molar-refractivity contribution in [1.29, 1.82) is 0 Å². The number of unbranched alkanes of at least 4 members (excludes halogenated alkanes) is 2. The van der Waals surface area contributed by atoms with Gasteiger partial charge in [-0.05, 0) is 54.9 Å². The van der Waals surface area contributed by atoms with Gasteiger partial charge < -0.3 is 9.47 Å². The van der Waals surface area contributed by atoms with Gasteiger partial charge in [-0.25, -0.2) is 5.26 Å². The lowest BCUT2D eigenvalue weighted by molar-refractivity contribution is -0.805. The van der Waals surface area contributed by atoms with E-state index in [2.05, 4.69) is 48.4 Å². The predicted octanol–water partition coefficient (Wildman–Crippen LogP) is 4.99. The summed E-state index contributed by atoms with van der Waals surface area (Å²) in [5, 5.41) is 28.7. The first kappa shape index (κ1) is 32.0. The fraction of sp³-hybridized carbons (Fsp3) is 0.900. The SMILES string of the molecule is CCCCC(CC)COC(=O)CC(SOOOOOOOO)C(=O)OCC(CC)CCCC. The highest BCUT2D eigenvalue weighted by molar-refractivity contribution is 7.95. The molecule has 12 nitrogen and oxygen atoms in total. The molecule has 33 heavy (non-hydrogen) atoms. The van der Waals surface area contributed by atoms with Crippen LogP contribution in [0.1, 0.15) is 85.5 Å². The van der Waals surface area contributed by atoms with Gasteiger partial charge in [0, 0.05) is 0 Å². The normalized spacial score (nSPS) is 14.0. The second-order valence-electron chi connectivity index (χ2n) is 7.42. The monoisotopic (exact) mass is 502 g/mol. The molecule has 0 aromatic carbocycles. The molecule has 0 fully saturated rings. The molecule has 0 aliphatic carbocycles. The Morgan fingerprint density at radius 1 is 0.788 bits per heavy atom. The molecule has 3 unspecified atom stereocenters. The van der Waals surface area contributed by atoms with Gasteiger partial charge in [-0.1, -0.05) is 66.2 Å². The second kappa shape index (κ2) is 22.7. The number of carbonyl (C=O) groups is 2. The van der Waals surface area contributed by atoms with Crippen LogP contribution in [-0.2, 0) is 53.6 Å². The lowest BCUT2D eigenvalue weighted by atomic mass is 10.0. The largest absolute Gasteiger partial charge is 0.465 e. The number of esters is 2. The molecule has 0 radical (unpaired) electrons. The average molecular weight is 503 g/mol. The van der Waals surface area contributed by atoms with E-state index in [4.69, 9.17) is 14.7 Å². The number of hydrogen-bond donors (Lipinski definition) is 1. The molecule has 0 aromatic heterocycles. The number of rotatable bonds is 23. The van der Waals surface area contributed by atoms with Crippen LogP contribution in [0.25, 0.3) is 0 Å². The molecule has 0 aliphatic rings. The lowest BCUT2D eigenvalue weighted by Gasteiger charge is -2.18. The zero-order chi connectivity index (χ0) is 24.7. The highest BCUT2D eigenvalue weighted by atomic mass is 32.2. The Kier molecular flexibility index (Phi) is 22.0. The van der Waals surface area contributed by atoms with Crippen LogP contribution in [0.5, 0.6) is 0 Å². The lowest BCUT2D eigenvalue weighted by Crippen LogP contribution is -2.27. The smallest absolute Gasteiger partial charge is 0.322 e. The molecule has 0 spiro atoms. The Labute approximate surface area is 199 Å². The van der Waals surface area contributed by atoms with Crippen LogP contribution in [0.2, 0.25) is 0 Å². The van der Waals surface area contributed by atoms with Crippen LogP contribution < -0.4 is 0 Å². The quantitative estimate of drug-likeness (QED) is 0.0660. The van der Waals surface area contributed by atoms with Crippen molar-refractivity contribution in [3.8, 4) is 0 Å². The van der Waals surface area contributed by atoms with E-state index in [1.54, 1.807) is 0 Å². The van der Waals surface area contributed by atoms with Crippen LogP contribution in [0.3, 0.4) is 0 Å². The van der Waals surface area contributed by atoms with Gasteiger partial charge in [0.05, 0.1) is 31.7 Å². The molecule has 196 valence electrons. The van der Waals surface area contributed by atoms with E-state index < -0.39 is 17.2 Å². The molecule has 0 saturated heterocycles. The number of ether oxygens (including phenoxy) is 2. The Bertz CT molecular complexity index is 482. The first-order valence-corrected chi connectivity index (χ1v) is 12.1. The summed E-state index contributed by atoms with van der Waals surface area (Å²) in [6.45, 7) is 8.80. The molecule has 0 rings (SSSR count). The third-order valence-electron chi connectivity index (χ3n) is 4.97. The summed E-state index contributed by atoms with van der Waals surface area (Å²) in [7, 11) is 0. The van der Waals surface area contributed by atoms with E-state index in [1.165, 1.54) is 0 Å². The van der Waals surface area contributed by atoms with Crippen LogP contribution in [0.15, 0.2) is 0 Å². The maximum absolute atomic E-state index is 12.6. The van der Waals surface area contributed by atoms with Crippen molar-refractivity contribution in [3.05, 3.63) is 0 Å². The van der Waals surface area contributed by atoms with E-state index in [1.807, 2.05) is 13.8 Å². The fourth-order valence-electron chi connectivity index (χ4n) is 2.79. The minimum atomic E-state index is -1.07. The number of carbonyl (C=O) groups excluding carboxylic acids is 2. The van der Waals surface area contributed by atoms with Gasteiger partial charge in [0.15, 0.2) is 0 Å². The van der Waals surface area contributed by atoms with Crippen molar-refractivity contribution in [3.63, 3.8) is 0 Å². The minimum Gasteiger partial charge on any atom is -0.465 e. The zero-order valence-electron chi connectivity index (χ0n) is 19.9. The maximum Gasteiger partial charge on any atom is 0.322 e. The Hall–Kier alpha value is -1.03. The van der Waals surface area contributed by atoms with E-state index in [0.29, 0.717) is 12.0 Å². The molecule has 0 aliphatic heterocycles. The molecule has 3 atom stereocenters. The van der Waals surface area contributed by atoms with Crippen molar-refractivity contribution >= 4 is 24.0 Å². The summed E-state index contributed by atoms with van der Waals surface area (Å²) in [4.78, 5) is 24.9. The van der Waals surface area contributed by atoms with Crippen molar-refractivity contribution in [1.82, 2.24) is 0 Å². The van der Waals surface area contributed by atoms with Gasteiger partial charge in [-0.2, -0.15) is 0 Å². The summed E-state index contributed by atoms with van der Waals surface area (Å²) < 4.78 is 15.4. The molecule has 13 heteroatoms. The van der Waals surface area contributed by atoms with Gasteiger partial charge in [0.2, 0.25) is 0 Å². The predicted molar refractivity (Wildman–Crippen MR) is 115 cm³/mol. The average Bonchev–Trinajstić information content (AvgIpc) is 2.82. The van der Waals surface area contributed by atoms with Crippen LogP contribution in [0, 0.1) is 11.8 Å². The standard InChI is InChI=1S/C20H38O12S/c1-5-9-11-16(7-3)14-24-19(21)13-18(33-32-31-30-29-28-27-26-23)20(22)25-15-17(8-4)12-10-6-2/h16-18,23H,5-15H2,1-4H3. The van der Waals surface area contributed by atoms with Gasteiger partial charge >= 0.3 is 11.9 Å². The Morgan fingerprint density at radius 3 is 1.88 bits per heavy atom. The topological polar surface area (TPSA) is 137 Å². The van der Waals surface area contributed by atoms with Crippen LogP contribution in [0.4, 0.5) is 0 Å². The highest BCUT2D eigenvalue weighted by Crippen LogP contribution is 2.22. The Balaban J connectivity index is 4.67. The first-order valence-electron chi connectivity index (χ1n) is 11.3. The summed E-state index contributed by atoms with van der Waals surface area (Å²) >= 11 is 0.473. The highest BCUT2D eigenvalue weighted by Gasteiger charge is 2.28. The molecule has 0 aromatic rings. The molecule has 1 N–H and O–H groups in total. The summed E-state index contributed by atoms with van der Waals surface area (Å²) in [5.74, 6) is -0.709. The van der Waals surface area contributed by atoms with E-state index >= 15 is 0 Å². The number of hydrogen-bond acceptors (Lipinski definition) is 13. The van der Waals surface area contributed by atoms with E-state index in [-0.39, 0.29) is 31.5 Å². The van der Waals surface area contributed by atoms with Crippen molar-refractivity contribution in [2.75, 3.05) is 13.2 Å². The summed E-state index contributed by atoms with van der Waals surface area (Å²) in [6.07, 6.45) is 7.61. The van der Waals surface area contributed by atoms with Gasteiger partial charge in [0.25, 0.3) is 0 Å². The van der Waals surface area contributed by atoms with Gasteiger partial charge in [0.1, 0.15) is 5.25 Å². The van der Waals surface area contributed by atoms with Gasteiger partial charge in [-0.15, -0.1) is 4.33 Å².